The van der Waals surface area contributed by atoms with E-state index in [4.69, 9.17) is 4.42 Å². The standard InChI is InChI=1S/C7H7N3O/c1-8-6-4-5-7(11-6)10-3-2-9-5/h2-4,8H,1H3. The molecule has 0 amide bonds. The second-order valence-corrected chi connectivity index (χ2v) is 2.11. The van der Waals surface area contributed by atoms with Crippen LogP contribution >= 0.6 is 0 Å². The third kappa shape index (κ3) is 0.920. The van der Waals surface area contributed by atoms with E-state index >= 15 is 0 Å². The molecule has 0 bridgehead atoms. The summed E-state index contributed by atoms with van der Waals surface area (Å²) in [5, 5.41) is 2.87. The second kappa shape index (κ2) is 2.23. The molecular weight excluding hydrogens is 142 g/mol. The summed E-state index contributed by atoms with van der Waals surface area (Å²) in [5.74, 6) is 0.686. The predicted molar refractivity (Wildman–Crippen MR) is 41.4 cm³/mol. The first kappa shape index (κ1) is 6.15. The van der Waals surface area contributed by atoms with E-state index < -0.39 is 0 Å². The number of nitrogens with one attached hydrogen (secondary N) is 1. The molecule has 1 N–H and O–H groups in total. The minimum absolute atomic E-state index is 0.567. The van der Waals surface area contributed by atoms with Crippen molar-refractivity contribution < 1.29 is 4.42 Å². The number of hydrogen-bond acceptors (Lipinski definition) is 4. The molecule has 0 atom stereocenters. The number of nitrogens with zero attached hydrogens (tertiary/aromatic N) is 2. The fourth-order valence-electron chi connectivity index (χ4n) is 0.895. The maximum Gasteiger partial charge on any atom is 0.247 e. The highest BCUT2D eigenvalue weighted by Crippen LogP contribution is 2.17. The van der Waals surface area contributed by atoms with Gasteiger partial charge >= 0.3 is 0 Å². The Labute approximate surface area is 63.3 Å². The summed E-state index contributed by atoms with van der Waals surface area (Å²) < 4.78 is 5.23. The zero-order valence-electron chi connectivity index (χ0n) is 6.03. The molecule has 0 radical (unpaired) electrons. The van der Waals surface area contributed by atoms with Crippen LogP contribution in [0.1, 0.15) is 0 Å². The molecule has 56 valence electrons. The van der Waals surface area contributed by atoms with E-state index in [1.807, 2.05) is 6.07 Å². The quantitative estimate of drug-likeness (QED) is 0.663. The summed E-state index contributed by atoms with van der Waals surface area (Å²) in [5.41, 5.74) is 1.34. The van der Waals surface area contributed by atoms with Crippen molar-refractivity contribution in [3.8, 4) is 0 Å². The first-order chi connectivity index (χ1) is 5.40. The Morgan fingerprint density at radius 3 is 2.91 bits per heavy atom. The van der Waals surface area contributed by atoms with Gasteiger partial charge in [-0.15, -0.1) is 0 Å². The van der Waals surface area contributed by atoms with Crippen molar-refractivity contribution >= 4 is 17.1 Å². The summed E-state index contributed by atoms with van der Waals surface area (Å²) in [6.07, 6.45) is 3.24. The first-order valence-corrected chi connectivity index (χ1v) is 3.28. The Balaban J connectivity index is 2.69. The van der Waals surface area contributed by atoms with Crippen molar-refractivity contribution in [3.05, 3.63) is 18.5 Å². The first-order valence-electron chi connectivity index (χ1n) is 3.28. The summed E-state index contributed by atoms with van der Waals surface area (Å²) in [6, 6.07) is 1.81. The van der Waals surface area contributed by atoms with Crippen LogP contribution in [0.15, 0.2) is 22.9 Å². The van der Waals surface area contributed by atoms with Crippen LogP contribution in [-0.4, -0.2) is 17.0 Å². The largest absolute Gasteiger partial charge is 0.421 e. The van der Waals surface area contributed by atoms with E-state index in [2.05, 4.69) is 15.3 Å². The van der Waals surface area contributed by atoms with E-state index in [0.29, 0.717) is 11.6 Å². The average Bonchev–Trinajstić information content (AvgIpc) is 2.46. The average molecular weight is 149 g/mol. The van der Waals surface area contributed by atoms with E-state index in [1.54, 1.807) is 19.4 Å². The van der Waals surface area contributed by atoms with Crippen molar-refractivity contribution in [3.63, 3.8) is 0 Å². The molecule has 0 saturated heterocycles. The molecule has 0 spiro atoms. The zero-order valence-corrected chi connectivity index (χ0v) is 6.03. The van der Waals surface area contributed by atoms with Crippen LogP contribution in [0, 0.1) is 0 Å². The van der Waals surface area contributed by atoms with Crippen LogP contribution in [0.3, 0.4) is 0 Å². The highest BCUT2D eigenvalue weighted by atomic mass is 16.4. The molecule has 2 heterocycles. The van der Waals surface area contributed by atoms with Gasteiger partial charge in [0.1, 0.15) is 5.52 Å². The van der Waals surface area contributed by atoms with E-state index in [-0.39, 0.29) is 0 Å². The fraction of sp³-hybridized carbons (Fsp3) is 0.143. The van der Waals surface area contributed by atoms with Gasteiger partial charge in [0, 0.05) is 25.5 Å². The minimum Gasteiger partial charge on any atom is -0.421 e. The van der Waals surface area contributed by atoms with Gasteiger partial charge in [0.05, 0.1) is 0 Å². The summed E-state index contributed by atoms with van der Waals surface area (Å²) >= 11 is 0. The molecule has 2 aromatic heterocycles. The summed E-state index contributed by atoms with van der Waals surface area (Å²) in [4.78, 5) is 8.03. The summed E-state index contributed by atoms with van der Waals surface area (Å²) in [6.45, 7) is 0. The van der Waals surface area contributed by atoms with Gasteiger partial charge in [0.15, 0.2) is 5.88 Å². The van der Waals surface area contributed by atoms with E-state index in [1.165, 1.54) is 0 Å². The van der Waals surface area contributed by atoms with Gasteiger partial charge in [-0.3, -0.25) is 0 Å². The maximum atomic E-state index is 5.23. The van der Waals surface area contributed by atoms with Crippen molar-refractivity contribution in [2.45, 2.75) is 0 Å². The molecule has 0 aliphatic carbocycles. The smallest absolute Gasteiger partial charge is 0.247 e. The molecule has 0 unspecified atom stereocenters. The number of fused-ring (bicyclic) bond motifs is 1. The highest BCUT2D eigenvalue weighted by Gasteiger charge is 2.01. The second-order valence-electron chi connectivity index (χ2n) is 2.11. The van der Waals surface area contributed by atoms with Gasteiger partial charge in [-0.25, -0.2) is 9.97 Å². The SMILES string of the molecule is CNc1cc2nccnc2o1. The third-order valence-corrected chi connectivity index (χ3v) is 1.41. The number of rotatable bonds is 1. The molecule has 2 rings (SSSR count). The van der Waals surface area contributed by atoms with Crippen LogP contribution in [0.4, 0.5) is 5.88 Å². The van der Waals surface area contributed by atoms with Crippen molar-refractivity contribution in [1.82, 2.24) is 9.97 Å². The lowest BCUT2D eigenvalue weighted by molar-refractivity contribution is 0.618. The van der Waals surface area contributed by atoms with Gasteiger partial charge in [-0.2, -0.15) is 0 Å². The van der Waals surface area contributed by atoms with Crippen LogP contribution in [0.25, 0.3) is 11.2 Å². The number of furan rings is 1. The zero-order chi connectivity index (χ0) is 7.68. The Hall–Kier alpha value is -1.58. The van der Waals surface area contributed by atoms with E-state index in [9.17, 15) is 0 Å². The summed E-state index contributed by atoms with van der Waals surface area (Å²) in [7, 11) is 1.79. The van der Waals surface area contributed by atoms with Crippen molar-refractivity contribution in [2.24, 2.45) is 0 Å². The predicted octanol–water partition coefficient (Wildman–Crippen LogP) is 1.26. The number of aromatic nitrogens is 2. The molecule has 0 fully saturated rings. The fourth-order valence-corrected chi connectivity index (χ4v) is 0.895. The molecule has 2 aromatic rings. The third-order valence-electron chi connectivity index (χ3n) is 1.41. The molecule has 0 aliphatic rings. The molecule has 4 nitrogen and oxygen atoms in total. The normalized spacial score (nSPS) is 10.3. The van der Waals surface area contributed by atoms with Gasteiger partial charge in [-0.1, -0.05) is 0 Å². The Morgan fingerprint density at radius 1 is 1.36 bits per heavy atom. The van der Waals surface area contributed by atoms with Gasteiger partial charge in [0.25, 0.3) is 0 Å². The van der Waals surface area contributed by atoms with E-state index in [0.717, 1.165) is 5.52 Å². The Kier molecular flexibility index (Phi) is 1.25. The lowest BCUT2D eigenvalue weighted by Gasteiger charge is -1.86. The molecule has 0 aliphatic heterocycles. The lowest BCUT2D eigenvalue weighted by Crippen LogP contribution is -1.81. The minimum atomic E-state index is 0.567. The van der Waals surface area contributed by atoms with Gasteiger partial charge in [0.2, 0.25) is 5.71 Å². The van der Waals surface area contributed by atoms with Crippen molar-refractivity contribution in [1.29, 1.82) is 0 Å². The molecule has 0 aromatic carbocycles. The Bertz CT molecular complexity index is 335. The van der Waals surface area contributed by atoms with Crippen LogP contribution in [-0.2, 0) is 0 Å². The molecule has 0 saturated carbocycles. The van der Waals surface area contributed by atoms with Crippen LogP contribution < -0.4 is 5.32 Å². The highest BCUT2D eigenvalue weighted by molar-refractivity contribution is 5.72. The topological polar surface area (TPSA) is 51.0 Å². The molecular formula is C7H7N3O. The van der Waals surface area contributed by atoms with Crippen molar-refractivity contribution in [2.75, 3.05) is 12.4 Å². The lowest BCUT2D eigenvalue weighted by atomic mass is 10.5. The maximum absolute atomic E-state index is 5.23. The van der Waals surface area contributed by atoms with Crippen LogP contribution in [0.5, 0.6) is 0 Å². The molecule has 4 heteroatoms. The van der Waals surface area contributed by atoms with Gasteiger partial charge in [-0.05, 0) is 0 Å². The van der Waals surface area contributed by atoms with Gasteiger partial charge < -0.3 is 9.73 Å². The Morgan fingerprint density at radius 2 is 2.18 bits per heavy atom. The molecule has 11 heavy (non-hydrogen) atoms. The number of anilines is 1. The number of hydrogen-bond donors (Lipinski definition) is 1. The van der Waals surface area contributed by atoms with Crippen LogP contribution in [0.2, 0.25) is 0 Å². The monoisotopic (exact) mass is 149 g/mol.